The SMILES string of the molecule is CCC1CCN(c2ccnc(C3CCN(CC4CCN(C(C)C)CC4)CC3)c2)CC1. The second-order valence-corrected chi connectivity index (χ2v) is 10.4. The molecule has 0 saturated carbocycles. The number of pyridine rings is 1. The van der Waals surface area contributed by atoms with E-state index >= 15 is 0 Å². The maximum absolute atomic E-state index is 4.80. The van der Waals surface area contributed by atoms with Crippen molar-refractivity contribution >= 4 is 5.69 Å². The van der Waals surface area contributed by atoms with Gasteiger partial charge in [-0.2, -0.15) is 0 Å². The Labute approximate surface area is 185 Å². The van der Waals surface area contributed by atoms with Crippen LogP contribution in [0.1, 0.15) is 77.3 Å². The predicted molar refractivity (Wildman–Crippen MR) is 127 cm³/mol. The Morgan fingerprint density at radius 2 is 1.57 bits per heavy atom. The molecule has 3 saturated heterocycles. The fourth-order valence-corrected chi connectivity index (χ4v) is 5.88. The van der Waals surface area contributed by atoms with Gasteiger partial charge in [0, 0.05) is 49.2 Å². The summed E-state index contributed by atoms with van der Waals surface area (Å²) in [4.78, 5) is 12.8. The first-order chi connectivity index (χ1) is 14.6. The van der Waals surface area contributed by atoms with Crippen molar-refractivity contribution in [3.8, 4) is 0 Å². The maximum Gasteiger partial charge on any atom is 0.0456 e. The van der Waals surface area contributed by atoms with Crippen molar-refractivity contribution in [1.29, 1.82) is 0 Å². The Bertz CT molecular complexity index is 636. The molecule has 168 valence electrons. The van der Waals surface area contributed by atoms with Crippen molar-refractivity contribution in [2.75, 3.05) is 50.7 Å². The van der Waals surface area contributed by atoms with Gasteiger partial charge >= 0.3 is 0 Å². The van der Waals surface area contributed by atoms with Crippen molar-refractivity contribution in [3.05, 3.63) is 24.0 Å². The molecule has 0 N–H and O–H groups in total. The van der Waals surface area contributed by atoms with Crippen LogP contribution in [0.25, 0.3) is 0 Å². The van der Waals surface area contributed by atoms with E-state index in [2.05, 4.69) is 53.8 Å². The van der Waals surface area contributed by atoms with E-state index in [0.29, 0.717) is 12.0 Å². The van der Waals surface area contributed by atoms with Crippen LogP contribution in [0.5, 0.6) is 0 Å². The number of hydrogen-bond donors (Lipinski definition) is 0. The molecule has 0 atom stereocenters. The maximum atomic E-state index is 4.80. The van der Waals surface area contributed by atoms with Gasteiger partial charge in [-0.25, -0.2) is 0 Å². The van der Waals surface area contributed by atoms with Gasteiger partial charge in [-0.1, -0.05) is 13.3 Å². The van der Waals surface area contributed by atoms with Crippen LogP contribution in [0, 0.1) is 11.8 Å². The molecule has 0 amide bonds. The number of nitrogens with zero attached hydrogens (tertiary/aromatic N) is 4. The van der Waals surface area contributed by atoms with E-state index in [-0.39, 0.29) is 0 Å². The quantitative estimate of drug-likeness (QED) is 0.655. The van der Waals surface area contributed by atoms with Crippen molar-refractivity contribution in [1.82, 2.24) is 14.8 Å². The molecule has 1 aromatic rings. The second-order valence-electron chi connectivity index (χ2n) is 10.4. The van der Waals surface area contributed by atoms with Crippen LogP contribution >= 0.6 is 0 Å². The fraction of sp³-hybridized carbons (Fsp3) is 0.808. The molecule has 4 heteroatoms. The molecule has 4 nitrogen and oxygen atoms in total. The van der Waals surface area contributed by atoms with Gasteiger partial charge in [0.05, 0.1) is 0 Å². The van der Waals surface area contributed by atoms with Crippen LogP contribution in [-0.4, -0.2) is 66.6 Å². The van der Waals surface area contributed by atoms with E-state index in [4.69, 9.17) is 4.98 Å². The Morgan fingerprint density at radius 1 is 0.900 bits per heavy atom. The molecule has 4 rings (SSSR count). The molecule has 30 heavy (non-hydrogen) atoms. The number of rotatable bonds is 6. The zero-order valence-electron chi connectivity index (χ0n) is 19.7. The summed E-state index contributed by atoms with van der Waals surface area (Å²) in [6.45, 7) is 15.9. The van der Waals surface area contributed by atoms with Crippen LogP contribution < -0.4 is 4.90 Å². The Morgan fingerprint density at radius 3 is 2.20 bits per heavy atom. The summed E-state index contributed by atoms with van der Waals surface area (Å²) in [7, 11) is 0. The summed E-state index contributed by atoms with van der Waals surface area (Å²) in [6.07, 6.45) is 11.4. The lowest BCUT2D eigenvalue weighted by Crippen LogP contribution is -2.43. The van der Waals surface area contributed by atoms with E-state index in [1.54, 1.807) is 0 Å². The molecular weight excluding hydrogens is 368 g/mol. The van der Waals surface area contributed by atoms with Gasteiger partial charge in [0.1, 0.15) is 0 Å². The molecule has 0 aromatic carbocycles. The lowest BCUT2D eigenvalue weighted by molar-refractivity contribution is 0.110. The molecule has 3 aliphatic rings. The van der Waals surface area contributed by atoms with Gasteiger partial charge in [0.15, 0.2) is 0 Å². The van der Waals surface area contributed by atoms with E-state index in [0.717, 1.165) is 11.8 Å². The van der Waals surface area contributed by atoms with Crippen LogP contribution in [0.4, 0.5) is 5.69 Å². The van der Waals surface area contributed by atoms with E-state index in [1.165, 1.54) is 102 Å². The molecule has 3 fully saturated rings. The monoisotopic (exact) mass is 412 g/mol. The largest absolute Gasteiger partial charge is 0.371 e. The van der Waals surface area contributed by atoms with Gasteiger partial charge in [-0.3, -0.25) is 4.98 Å². The van der Waals surface area contributed by atoms with Gasteiger partial charge in [0.25, 0.3) is 0 Å². The van der Waals surface area contributed by atoms with E-state index < -0.39 is 0 Å². The number of aromatic nitrogens is 1. The topological polar surface area (TPSA) is 22.6 Å². The van der Waals surface area contributed by atoms with Crippen molar-refractivity contribution in [2.24, 2.45) is 11.8 Å². The lowest BCUT2D eigenvalue weighted by atomic mass is 9.90. The smallest absolute Gasteiger partial charge is 0.0456 e. The summed E-state index contributed by atoms with van der Waals surface area (Å²) in [5.41, 5.74) is 2.75. The molecule has 0 bridgehead atoms. The molecule has 4 heterocycles. The zero-order valence-corrected chi connectivity index (χ0v) is 19.7. The second kappa shape index (κ2) is 10.5. The molecule has 3 aliphatic heterocycles. The Hall–Kier alpha value is -1.13. The summed E-state index contributed by atoms with van der Waals surface area (Å²) >= 11 is 0. The number of hydrogen-bond acceptors (Lipinski definition) is 4. The van der Waals surface area contributed by atoms with Crippen molar-refractivity contribution in [2.45, 2.75) is 77.7 Å². The first kappa shape index (κ1) is 22.1. The van der Waals surface area contributed by atoms with Crippen LogP contribution in [0.15, 0.2) is 18.3 Å². The molecule has 0 unspecified atom stereocenters. The minimum Gasteiger partial charge on any atom is -0.371 e. The highest BCUT2D eigenvalue weighted by Gasteiger charge is 2.27. The van der Waals surface area contributed by atoms with E-state index in [1.807, 2.05) is 0 Å². The first-order valence-corrected chi connectivity index (χ1v) is 12.8. The Kier molecular flexibility index (Phi) is 7.69. The molecular formula is C26H44N4. The number of likely N-dealkylation sites (tertiary alicyclic amines) is 2. The summed E-state index contributed by atoms with van der Waals surface area (Å²) in [5, 5.41) is 0. The average Bonchev–Trinajstić information content (AvgIpc) is 2.80. The molecule has 0 aliphatic carbocycles. The number of piperidine rings is 3. The first-order valence-electron chi connectivity index (χ1n) is 12.8. The molecule has 1 aromatic heterocycles. The van der Waals surface area contributed by atoms with Crippen molar-refractivity contribution < 1.29 is 0 Å². The third-order valence-corrected chi connectivity index (χ3v) is 8.22. The third kappa shape index (κ3) is 5.56. The van der Waals surface area contributed by atoms with E-state index in [9.17, 15) is 0 Å². The summed E-state index contributed by atoms with van der Waals surface area (Å²) in [6, 6.07) is 5.35. The number of anilines is 1. The Balaban J connectivity index is 1.24. The zero-order chi connectivity index (χ0) is 20.9. The normalized spacial score (nSPS) is 24.1. The van der Waals surface area contributed by atoms with Crippen LogP contribution in [0.3, 0.4) is 0 Å². The highest BCUT2D eigenvalue weighted by Crippen LogP contribution is 2.31. The minimum atomic E-state index is 0.650. The molecule has 0 spiro atoms. The fourth-order valence-electron chi connectivity index (χ4n) is 5.88. The third-order valence-electron chi connectivity index (χ3n) is 8.22. The van der Waals surface area contributed by atoms with Gasteiger partial charge in [-0.15, -0.1) is 0 Å². The van der Waals surface area contributed by atoms with Gasteiger partial charge in [-0.05, 0) is 103 Å². The van der Waals surface area contributed by atoms with Crippen molar-refractivity contribution in [3.63, 3.8) is 0 Å². The highest BCUT2D eigenvalue weighted by atomic mass is 15.2. The lowest BCUT2D eigenvalue weighted by Gasteiger charge is -2.39. The average molecular weight is 413 g/mol. The molecule has 0 radical (unpaired) electrons. The van der Waals surface area contributed by atoms with Crippen LogP contribution in [-0.2, 0) is 0 Å². The standard InChI is InChI=1S/C26H44N4/c1-4-22-6-17-30(18-7-22)25-5-12-27-26(19-25)24-10-13-28(14-11-24)20-23-8-15-29(16-9-23)21(2)3/h5,12,19,21-24H,4,6-11,13-18,20H2,1-3H3. The summed E-state index contributed by atoms with van der Waals surface area (Å²) < 4.78 is 0. The minimum absolute atomic E-state index is 0.650. The van der Waals surface area contributed by atoms with Gasteiger partial charge in [0.2, 0.25) is 0 Å². The van der Waals surface area contributed by atoms with Crippen LogP contribution in [0.2, 0.25) is 0 Å². The summed E-state index contributed by atoms with van der Waals surface area (Å²) in [5.74, 6) is 2.49. The van der Waals surface area contributed by atoms with Gasteiger partial charge < -0.3 is 14.7 Å². The predicted octanol–water partition coefficient (Wildman–Crippen LogP) is 5.01. The highest BCUT2D eigenvalue weighted by molar-refractivity contribution is 5.47.